The summed E-state index contributed by atoms with van der Waals surface area (Å²) in [6, 6.07) is 0. The monoisotopic (exact) mass is 152 g/mol. The fourth-order valence-electron chi connectivity index (χ4n) is 0.158. The van der Waals surface area contributed by atoms with Crippen LogP contribution < -0.4 is 0 Å². The fourth-order valence-corrected chi connectivity index (χ4v) is 0.189. The summed E-state index contributed by atoms with van der Waals surface area (Å²) in [4.78, 5) is 18.5. The molecule has 3 nitrogen and oxygen atoms in total. The molecule has 0 saturated carbocycles. The highest BCUT2D eigenvalue weighted by Gasteiger charge is 2.13. The van der Waals surface area contributed by atoms with E-state index in [1.165, 1.54) is 0 Å². The first-order valence-corrected chi connectivity index (χ1v) is 2.85. The zero-order valence-corrected chi connectivity index (χ0v) is 6.36. The molecule has 0 rings (SSSR count). The van der Waals surface area contributed by atoms with Crippen molar-refractivity contribution in [3.63, 3.8) is 0 Å². The van der Waals surface area contributed by atoms with Crippen LogP contribution in [0.1, 0.15) is 20.8 Å². The molecule has 0 amide bonds. The van der Waals surface area contributed by atoms with Crippen LogP contribution in [-0.2, 0) is 9.78 Å². The summed E-state index contributed by atoms with van der Waals surface area (Å²) in [6.07, 6.45) is 0. The second-order valence-electron chi connectivity index (χ2n) is 2.52. The predicted octanol–water partition coefficient (Wildman–Crippen LogP) is 2.09. The molecule has 0 saturated heterocycles. The van der Waals surface area contributed by atoms with Crippen molar-refractivity contribution in [1.29, 1.82) is 0 Å². The Kier molecular flexibility index (Phi) is 2.94. The maximum Gasteiger partial charge on any atom is 0.435 e. The quantitative estimate of drug-likeness (QED) is 0.328. The van der Waals surface area contributed by atoms with E-state index in [2.05, 4.69) is 9.78 Å². The number of halogens is 1. The molecule has 0 unspecified atom stereocenters. The Morgan fingerprint density at radius 3 is 2.00 bits per heavy atom. The molecule has 0 fully saturated rings. The van der Waals surface area contributed by atoms with Gasteiger partial charge in [-0.25, -0.2) is 4.79 Å². The fraction of sp³-hybridized carbons (Fsp3) is 0.800. The maximum absolute atomic E-state index is 9.91. The van der Waals surface area contributed by atoms with Crippen LogP contribution in [0, 0.1) is 0 Å². The average molecular weight is 153 g/mol. The van der Waals surface area contributed by atoms with Crippen LogP contribution in [0.4, 0.5) is 4.79 Å². The van der Waals surface area contributed by atoms with Crippen molar-refractivity contribution in [3.05, 3.63) is 0 Å². The highest BCUT2D eigenvalue weighted by molar-refractivity contribution is 6.61. The van der Waals surface area contributed by atoms with E-state index in [0.29, 0.717) is 0 Å². The summed E-state index contributed by atoms with van der Waals surface area (Å²) in [5.41, 5.74) is -1.45. The largest absolute Gasteiger partial charge is 0.435 e. The molecule has 0 bridgehead atoms. The first-order valence-electron chi connectivity index (χ1n) is 2.47. The second kappa shape index (κ2) is 3.03. The lowest BCUT2D eigenvalue weighted by Gasteiger charge is -2.14. The van der Waals surface area contributed by atoms with Crippen LogP contribution in [0.15, 0.2) is 0 Å². The smallest absolute Gasteiger partial charge is 0.280 e. The highest BCUT2D eigenvalue weighted by Crippen LogP contribution is 2.07. The van der Waals surface area contributed by atoms with Gasteiger partial charge in [0.05, 0.1) is 0 Å². The lowest BCUT2D eigenvalue weighted by molar-refractivity contribution is -0.294. The number of carbonyl (C=O) groups excluding carboxylic acids is 1. The minimum Gasteiger partial charge on any atom is -0.280 e. The number of rotatable bonds is 1. The normalized spacial score (nSPS) is 11.1. The van der Waals surface area contributed by atoms with E-state index < -0.39 is 11.0 Å². The van der Waals surface area contributed by atoms with Crippen molar-refractivity contribution in [2.75, 3.05) is 0 Å². The Labute approximate surface area is 58.8 Å². The van der Waals surface area contributed by atoms with E-state index >= 15 is 0 Å². The van der Waals surface area contributed by atoms with Crippen LogP contribution in [0.3, 0.4) is 0 Å². The molecule has 0 aromatic carbocycles. The second-order valence-corrected chi connectivity index (χ2v) is 2.83. The molecule has 0 aliphatic rings. The molecule has 0 aliphatic heterocycles. The van der Waals surface area contributed by atoms with Gasteiger partial charge < -0.3 is 0 Å². The van der Waals surface area contributed by atoms with E-state index in [4.69, 9.17) is 11.6 Å². The van der Waals surface area contributed by atoms with Crippen molar-refractivity contribution >= 4 is 17.0 Å². The summed E-state index contributed by atoms with van der Waals surface area (Å²) < 4.78 is 0. The van der Waals surface area contributed by atoms with Gasteiger partial charge in [0.15, 0.2) is 0 Å². The van der Waals surface area contributed by atoms with Crippen LogP contribution in [0.2, 0.25) is 0 Å². The Bertz CT molecular complexity index is 105. The molecular formula is C5H9ClO3. The molecule has 0 aromatic heterocycles. The summed E-state index contributed by atoms with van der Waals surface area (Å²) in [6.45, 7) is 5.23. The van der Waals surface area contributed by atoms with E-state index in [0.717, 1.165) is 0 Å². The van der Waals surface area contributed by atoms with Gasteiger partial charge in [-0.1, -0.05) is 0 Å². The Hall–Kier alpha value is -0.280. The van der Waals surface area contributed by atoms with E-state index in [-0.39, 0.29) is 0 Å². The molecule has 0 heterocycles. The van der Waals surface area contributed by atoms with Gasteiger partial charge in [0, 0.05) is 11.6 Å². The topological polar surface area (TPSA) is 35.5 Å². The molecule has 54 valence electrons. The third-order valence-electron chi connectivity index (χ3n) is 0.357. The first kappa shape index (κ1) is 8.72. The molecule has 0 aromatic rings. The number of hydrogen-bond acceptors (Lipinski definition) is 3. The van der Waals surface area contributed by atoms with Crippen molar-refractivity contribution in [3.8, 4) is 0 Å². The third-order valence-corrected chi connectivity index (χ3v) is 0.420. The van der Waals surface area contributed by atoms with Gasteiger partial charge in [-0.15, -0.1) is 0 Å². The summed E-state index contributed by atoms with van der Waals surface area (Å²) in [7, 11) is 0. The molecule has 0 aliphatic carbocycles. The molecule has 0 atom stereocenters. The molecule has 9 heavy (non-hydrogen) atoms. The van der Waals surface area contributed by atoms with Crippen LogP contribution in [-0.4, -0.2) is 11.0 Å². The first-order chi connectivity index (χ1) is 3.92. The van der Waals surface area contributed by atoms with Crippen molar-refractivity contribution in [1.82, 2.24) is 0 Å². The van der Waals surface area contributed by atoms with E-state index in [9.17, 15) is 4.79 Å². The predicted molar refractivity (Wildman–Crippen MR) is 33.2 cm³/mol. The zero-order chi connectivity index (χ0) is 7.49. The minimum absolute atomic E-state index is 0.495. The third kappa shape index (κ3) is 7.72. The van der Waals surface area contributed by atoms with Crippen molar-refractivity contribution in [2.24, 2.45) is 0 Å². The van der Waals surface area contributed by atoms with Crippen LogP contribution >= 0.6 is 11.6 Å². The standard InChI is InChI=1S/C5H9ClO3/c1-5(2,3)9-8-4(6)7/h1-3H3. The Balaban J connectivity index is 3.39. The molecule has 0 spiro atoms. The van der Waals surface area contributed by atoms with Gasteiger partial charge in [0.2, 0.25) is 0 Å². The summed E-state index contributed by atoms with van der Waals surface area (Å²) >= 11 is 4.80. The lowest BCUT2D eigenvalue weighted by Crippen LogP contribution is -2.19. The van der Waals surface area contributed by atoms with Gasteiger partial charge in [-0.05, 0) is 20.8 Å². The molecule has 0 N–H and O–H groups in total. The number of hydrogen-bond donors (Lipinski definition) is 0. The molecule has 0 radical (unpaired) electrons. The van der Waals surface area contributed by atoms with Crippen LogP contribution in [0.25, 0.3) is 0 Å². The van der Waals surface area contributed by atoms with Gasteiger partial charge in [-0.2, -0.15) is 4.89 Å². The lowest BCUT2D eigenvalue weighted by atomic mass is 10.2. The Morgan fingerprint density at radius 2 is 1.89 bits per heavy atom. The highest BCUT2D eigenvalue weighted by atomic mass is 35.5. The van der Waals surface area contributed by atoms with Gasteiger partial charge in [0.25, 0.3) is 0 Å². The SMILES string of the molecule is CC(C)(C)OOC(=O)Cl. The van der Waals surface area contributed by atoms with Gasteiger partial charge in [0.1, 0.15) is 5.60 Å². The summed E-state index contributed by atoms with van der Waals surface area (Å²) in [5, 5.41) is 0. The van der Waals surface area contributed by atoms with Gasteiger partial charge >= 0.3 is 5.43 Å². The minimum atomic E-state index is -0.954. The van der Waals surface area contributed by atoms with E-state index in [1.54, 1.807) is 20.8 Å². The molecular weight excluding hydrogens is 144 g/mol. The van der Waals surface area contributed by atoms with Crippen LogP contribution in [0.5, 0.6) is 0 Å². The average Bonchev–Trinajstić information content (AvgIpc) is 1.59. The van der Waals surface area contributed by atoms with Gasteiger partial charge in [-0.3, -0.25) is 4.89 Å². The van der Waals surface area contributed by atoms with Crippen molar-refractivity contribution < 1.29 is 14.6 Å². The molecule has 4 heteroatoms. The summed E-state index contributed by atoms with van der Waals surface area (Å²) in [5.74, 6) is 0. The number of carbonyl (C=O) groups is 1. The Morgan fingerprint density at radius 1 is 1.44 bits per heavy atom. The zero-order valence-electron chi connectivity index (χ0n) is 5.60. The maximum atomic E-state index is 9.91. The van der Waals surface area contributed by atoms with Crippen molar-refractivity contribution in [2.45, 2.75) is 26.4 Å². The van der Waals surface area contributed by atoms with E-state index in [1.807, 2.05) is 0 Å².